The summed E-state index contributed by atoms with van der Waals surface area (Å²) in [6.45, 7) is 0. The molecule has 6 heteroatoms. The quantitative estimate of drug-likeness (QED) is 0.636. The van der Waals surface area contributed by atoms with Crippen molar-refractivity contribution in [1.29, 1.82) is 0 Å². The lowest BCUT2D eigenvalue weighted by Crippen LogP contribution is -2.04. The summed E-state index contributed by atoms with van der Waals surface area (Å²) in [4.78, 5) is 6.79. The molecule has 0 aromatic carbocycles. The van der Waals surface area contributed by atoms with E-state index in [0.29, 0.717) is 0 Å². The monoisotopic (exact) mass is 188 g/mol. The zero-order valence-electron chi connectivity index (χ0n) is 6.17. The summed E-state index contributed by atoms with van der Waals surface area (Å²) in [5.41, 5.74) is 0.00431. The lowest BCUT2D eigenvalue weighted by Gasteiger charge is -1.96. The van der Waals surface area contributed by atoms with E-state index >= 15 is 0 Å². The van der Waals surface area contributed by atoms with E-state index < -0.39 is 12.1 Å². The molecule has 2 rings (SSSR count). The van der Waals surface area contributed by atoms with Gasteiger partial charge in [-0.2, -0.15) is 18.2 Å². The molecule has 0 radical (unpaired) electrons. The summed E-state index contributed by atoms with van der Waals surface area (Å²) in [7, 11) is 0. The zero-order chi connectivity index (χ0) is 9.47. The van der Waals surface area contributed by atoms with Crippen LogP contribution in [0.3, 0.4) is 0 Å². The van der Waals surface area contributed by atoms with Gasteiger partial charge in [-0.25, -0.2) is 4.98 Å². The molecule has 0 fully saturated rings. The first-order chi connectivity index (χ1) is 6.07. The van der Waals surface area contributed by atoms with Crippen molar-refractivity contribution < 1.29 is 17.6 Å². The Kier molecular flexibility index (Phi) is 1.51. The lowest BCUT2D eigenvalue weighted by atomic mass is 10.5. The Morgan fingerprint density at radius 3 is 2.69 bits per heavy atom. The van der Waals surface area contributed by atoms with E-state index in [0.717, 1.165) is 0 Å². The summed E-state index contributed by atoms with van der Waals surface area (Å²) in [6, 6.07) is 2.86. The predicted octanol–water partition coefficient (Wildman–Crippen LogP) is 2.24. The van der Waals surface area contributed by atoms with Crippen LogP contribution in [-0.4, -0.2) is 9.97 Å². The highest BCUT2D eigenvalue weighted by Crippen LogP contribution is 2.30. The Bertz CT molecular complexity index is 401. The molecule has 0 unspecified atom stereocenters. The van der Waals surface area contributed by atoms with Gasteiger partial charge >= 0.3 is 12.1 Å². The van der Waals surface area contributed by atoms with Crippen LogP contribution >= 0.6 is 0 Å². The van der Waals surface area contributed by atoms with E-state index in [4.69, 9.17) is 0 Å². The Hall–Kier alpha value is -1.59. The molecule has 0 bridgehead atoms. The molecular formula is C7H3F3N2O. The van der Waals surface area contributed by atoms with E-state index in [1.165, 1.54) is 18.3 Å². The van der Waals surface area contributed by atoms with Gasteiger partial charge in [-0.1, -0.05) is 0 Å². The molecule has 2 aromatic rings. The molecule has 68 valence electrons. The first-order valence-electron chi connectivity index (χ1n) is 3.36. The molecule has 3 nitrogen and oxygen atoms in total. The van der Waals surface area contributed by atoms with Crippen molar-refractivity contribution in [2.75, 3.05) is 0 Å². The molecular weight excluding hydrogens is 185 g/mol. The summed E-state index contributed by atoms with van der Waals surface area (Å²) >= 11 is 0. The second-order valence-corrected chi connectivity index (χ2v) is 2.34. The summed E-state index contributed by atoms with van der Waals surface area (Å²) in [5.74, 6) is -1.26. The largest absolute Gasteiger partial charge is 0.469 e. The highest BCUT2D eigenvalue weighted by molar-refractivity contribution is 5.66. The van der Waals surface area contributed by atoms with Crippen LogP contribution in [0.15, 0.2) is 22.7 Å². The summed E-state index contributed by atoms with van der Waals surface area (Å²) < 4.78 is 40.6. The third-order valence-corrected chi connectivity index (χ3v) is 1.41. The maximum atomic E-state index is 12.0. The van der Waals surface area contributed by atoms with Crippen molar-refractivity contribution in [3.8, 4) is 0 Å². The van der Waals surface area contributed by atoms with Gasteiger partial charge < -0.3 is 4.42 Å². The van der Waals surface area contributed by atoms with Gasteiger partial charge in [0.05, 0.1) is 0 Å². The number of oxazole rings is 1. The molecule has 0 atom stereocenters. The van der Waals surface area contributed by atoms with Crippen LogP contribution in [0.2, 0.25) is 0 Å². The van der Waals surface area contributed by atoms with Crippen LogP contribution in [0.4, 0.5) is 13.2 Å². The van der Waals surface area contributed by atoms with Crippen molar-refractivity contribution in [2.24, 2.45) is 0 Å². The van der Waals surface area contributed by atoms with Crippen LogP contribution < -0.4 is 0 Å². The van der Waals surface area contributed by atoms with Crippen LogP contribution in [-0.2, 0) is 6.18 Å². The Morgan fingerprint density at radius 2 is 2.08 bits per heavy atom. The zero-order valence-corrected chi connectivity index (χ0v) is 6.17. The fourth-order valence-electron chi connectivity index (χ4n) is 0.890. The topological polar surface area (TPSA) is 38.9 Å². The molecule has 13 heavy (non-hydrogen) atoms. The molecule has 0 saturated heterocycles. The molecule has 0 aliphatic carbocycles. The van der Waals surface area contributed by atoms with Crippen LogP contribution in [0.25, 0.3) is 11.2 Å². The predicted molar refractivity (Wildman–Crippen MR) is 36.8 cm³/mol. The third kappa shape index (κ3) is 1.34. The highest BCUT2D eigenvalue weighted by atomic mass is 19.4. The maximum Gasteiger partial charge on any atom is 0.469 e. The van der Waals surface area contributed by atoms with Gasteiger partial charge in [-0.15, -0.1) is 0 Å². The van der Waals surface area contributed by atoms with E-state index in [1.807, 2.05) is 0 Å². The minimum absolute atomic E-state index is 0.0326. The number of halogens is 3. The lowest BCUT2D eigenvalue weighted by molar-refractivity contribution is -0.156. The number of rotatable bonds is 0. The highest BCUT2D eigenvalue weighted by Gasteiger charge is 2.37. The second-order valence-electron chi connectivity index (χ2n) is 2.34. The fraction of sp³-hybridized carbons (Fsp3) is 0.143. The fourth-order valence-corrected chi connectivity index (χ4v) is 0.890. The molecule has 0 amide bonds. The molecule has 2 aromatic heterocycles. The van der Waals surface area contributed by atoms with Crippen molar-refractivity contribution in [3.63, 3.8) is 0 Å². The van der Waals surface area contributed by atoms with Gasteiger partial charge in [0.15, 0.2) is 11.2 Å². The molecule has 0 aliphatic heterocycles. The van der Waals surface area contributed by atoms with Crippen molar-refractivity contribution in [1.82, 2.24) is 9.97 Å². The minimum Gasteiger partial charge on any atom is -0.431 e. The molecule has 0 N–H and O–H groups in total. The smallest absolute Gasteiger partial charge is 0.431 e. The van der Waals surface area contributed by atoms with E-state index in [1.54, 1.807) is 0 Å². The van der Waals surface area contributed by atoms with Gasteiger partial charge in [0, 0.05) is 6.20 Å². The van der Waals surface area contributed by atoms with Crippen LogP contribution in [0.1, 0.15) is 5.89 Å². The SMILES string of the molecule is FC(F)(F)c1nc2ncccc2o1. The number of aromatic nitrogens is 2. The van der Waals surface area contributed by atoms with Crippen LogP contribution in [0, 0.1) is 0 Å². The normalized spacial score (nSPS) is 12.2. The number of hydrogen-bond donors (Lipinski definition) is 0. The van der Waals surface area contributed by atoms with Crippen molar-refractivity contribution in [2.45, 2.75) is 6.18 Å². The summed E-state index contributed by atoms with van der Waals surface area (Å²) in [5, 5.41) is 0. The molecule has 0 saturated carbocycles. The second kappa shape index (κ2) is 2.45. The van der Waals surface area contributed by atoms with Gasteiger partial charge in [0.2, 0.25) is 0 Å². The summed E-state index contributed by atoms with van der Waals surface area (Å²) in [6.07, 6.45) is -3.20. The molecule has 2 heterocycles. The van der Waals surface area contributed by atoms with Gasteiger partial charge in [0.25, 0.3) is 0 Å². The Morgan fingerprint density at radius 1 is 1.31 bits per heavy atom. The minimum atomic E-state index is -4.55. The number of alkyl halides is 3. The van der Waals surface area contributed by atoms with E-state index in [2.05, 4.69) is 14.4 Å². The van der Waals surface area contributed by atoms with Crippen molar-refractivity contribution in [3.05, 3.63) is 24.2 Å². The maximum absolute atomic E-state index is 12.0. The molecule has 0 aliphatic rings. The van der Waals surface area contributed by atoms with Gasteiger partial charge in [-0.05, 0) is 12.1 Å². The number of fused-ring (bicyclic) bond motifs is 1. The van der Waals surface area contributed by atoms with E-state index in [9.17, 15) is 13.2 Å². The van der Waals surface area contributed by atoms with Crippen LogP contribution in [0.5, 0.6) is 0 Å². The third-order valence-electron chi connectivity index (χ3n) is 1.41. The van der Waals surface area contributed by atoms with Gasteiger partial charge in [0.1, 0.15) is 0 Å². The number of hydrogen-bond acceptors (Lipinski definition) is 3. The Labute approximate surface area is 70.2 Å². The Balaban J connectivity index is 2.63. The van der Waals surface area contributed by atoms with Gasteiger partial charge in [-0.3, -0.25) is 0 Å². The molecule has 0 spiro atoms. The first-order valence-corrected chi connectivity index (χ1v) is 3.36. The average molecular weight is 188 g/mol. The number of nitrogens with zero attached hydrogens (tertiary/aromatic N) is 2. The standard InChI is InChI=1S/C7H3F3N2O/c8-7(9,10)6-12-5-4(13-6)2-1-3-11-5/h1-3H. The number of pyridine rings is 1. The average Bonchev–Trinajstić information content (AvgIpc) is 2.45. The van der Waals surface area contributed by atoms with Crippen molar-refractivity contribution >= 4 is 11.2 Å². The van der Waals surface area contributed by atoms with E-state index in [-0.39, 0.29) is 11.2 Å². The first kappa shape index (κ1) is 8.03.